The van der Waals surface area contributed by atoms with Crippen LogP contribution >= 0.6 is 11.3 Å². The van der Waals surface area contributed by atoms with Crippen LogP contribution in [0.4, 0.5) is 10.8 Å². The van der Waals surface area contributed by atoms with E-state index in [0.717, 1.165) is 11.3 Å². The molecular weight excluding hydrogens is 286 g/mol. The van der Waals surface area contributed by atoms with E-state index in [9.17, 15) is 9.59 Å². The molecule has 1 aromatic carbocycles. The van der Waals surface area contributed by atoms with Crippen molar-refractivity contribution in [1.82, 2.24) is 4.98 Å². The monoisotopic (exact) mass is 301 g/mol. The van der Waals surface area contributed by atoms with Gasteiger partial charge in [0.1, 0.15) is 0 Å². The van der Waals surface area contributed by atoms with Crippen LogP contribution in [0, 0.1) is 12.8 Å². The highest BCUT2D eigenvalue weighted by Crippen LogP contribution is 2.26. The van der Waals surface area contributed by atoms with Crippen molar-refractivity contribution in [3.05, 3.63) is 41.4 Å². The molecule has 0 spiro atoms. The topological polar surface area (TPSA) is 62.3 Å². The lowest BCUT2D eigenvalue weighted by Gasteiger charge is -2.17. The second kappa shape index (κ2) is 5.65. The predicted molar refractivity (Wildman–Crippen MR) is 82.4 cm³/mol. The minimum atomic E-state index is -0.332. The van der Waals surface area contributed by atoms with Gasteiger partial charge in [-0.2, -0.15) is 0 Å². The molecule has 108 valence electrons. The molecular formula is C15H15N3O2S. The molecule has 0 aliphatic carbocycles. The van der Waals surface area contributed by atoms with E-state index in [1.54, 1.807) is 16.5 Å². The third-order valence-corrected chi connectivity index (χ3v) is 4.16. The van der Waals surface area contributed by atoms with Gasteiger partial charge in [0.05, 0.1) is 5.92 Å². The van der Waals surface area contributed by atoms with Gasteiger partial charge in [0.2, 0.25) is 11.8 Å². The molecule has 2 heterocycles. The Morgan fingerprint density at radius 3 is 3.05 bits per heavy atom. The number of amides is 2. The Bertz CT molecular complexity index is 669. The summed E-state index contributed by atoms with van der Waals surface area (Å²) >= 11 is 1.37. The van der Waals surface area contributed by atoms with Crippen LogP contribution in [0.15, 0.2) is 35.8 Å². The molecule has 6 heteroatoms. The number of carbonyl (C=O) groups excluding carboxylic acids is 2. The van der Waals surface area contributed by atoms with Gasteiger partial charge in [0, 0.05) is 30.2 Å². The van der Waals surface area contributed by atoms with Gasteiger partial charge in [-0.3, -0.25) is 9.59 Å². The van der Waals surface area contributed by atoms with Gasteiger partial charge in [0.15, 0.2) is 5.13 Å². The molecule has 21 heavy (non-hydrogen) atoms. The Morgan fingerprint density at radius 2 is 2.33 bits per heavy atom. The first-order valence-electron chi connectivity index (χ1n) is 6.71. The molecule has 1 aliphatic heterocycles. The molecule has 1 fully saturated rings. The minimum absolute atomic E-state index is 0.0140. The average Bonchev–Trinajstić information content (AvgIpc) is 3.08. The Morgan fingerprint density at radius 1 is 1.48 bits per heavy atom. The lowest BCUT2D eigenvalue weighted by Crippen LogP contribution is -2.28. The minimum Gasteiger partial charge on any atom is -0.312 e. The third-order valence-electron chi connectivity index (χ3n) is 3.47. The van der Waals surface area contributed by atoms with Gasteiger partial charge >= 0.3 is 0 Å². The Kier molecular flexibility index (Phi) is 3.70. The van der Waals surface area contributed by atoms with Crippen molar-refractivity contribution in [2.75, 3.05) is 16.8 Å². The van der Waals surface area contributed by atoms with Crippen LogP contribution in [-0.2, 0) is 9.59 Å². The zero-order valence-electron chi connectivity index (χ0n) is 11.6. The first-order valence-corrected chi connectivity index (χ1v) is 7.59. The van der Waals surface area contributed by atoms with E-state index in [-0.39, 0.29) is 24.2 Å². The summed E-state index contributed by atoms with van der Waals surface area (Å²) in [6, 6.07) is 7.75. The van der Waals surface area contributed by atoms with Crippen LogP contribution in [0.5, 0.6) is 0 Å². The SMILES string of the molecule is Cc1cccc(N2CC(C(=O)Nc3nccs3)CC2=O)c1. The third kappa shape index (κ3) is 2.95. The molecule has 0 saturated carbocycles. The van der Waals surface area contributed by atoms with E-state index in [0.29, 0.717) is 11.7 Å². The molecule has 1 saturated heterocycles. The van der Waals surface area contributed by atoms with Crippen molar-refractivity contribution in [3.63, 3.8) is 0 Å². The summed E-state index contributed by atoms with van der Waals surface area (Å²) in [5.74, 6) is -0.491. The summed E-state index contributed by atoms with van der Waals surface area (Å²) in [5, 5.41) is 5.13. The summed E-state index contributed by atoms with van der Waals surface area (Å²) in [6.45, 7) is 2.40. The lowest BCUT2D eigenvalue weighted by atomic mass is 10.1. The summed E-state index contributed by atoms with van der Waals surface area (Å²) < 4.78 is 0. The highest BCUT2D eigenvalue weighted by molar-refractivity contribution is 7.13. The molecule has 1 N–H and O–H groups in total. The van der Waals surface area contributed by atoms with Crippen molar-refractivity contribution >= 4 is 34.0 Å². The molecule has 0 bridgehead atoms. The van der Waals surface area contributed by atoms with E-state index in [1.807, 2.05) is 31.2 Å². The van der Waals surface area contributed by atoms with Crippen molar-refractivity contribution in [2.24, 2.45) is 5.92 Å². The number of hydrogen-bond donors (Lipinski definition) is 1. The standard InChI is InChI=1S/C15H15N3O2S/c1-10-3-2-4-12(7-10)18-9-11(8-13(18)19)14(20)17-15-16-5-6-21-15/h2-7,11H,8-9H2,1H3,(H,16,17,20). The number of carbonyl (C=O) groups is 2. The fourth-order valence-corrected chi connectivity index (χ4v) is 2.95. The summed E-state index contributed by atoms with van der Waals surface area (Å²) in [5.41, 5.74) is 1.94. The van der Waals surface area contributed by atoms with Crippen molar-refractivity contribution in [2.45, 2.75) is 13.3 Å². The van der Waals surface area contributed by atoms with Gasteiger partial charge in [-0.15, -0.1) is 11.3 Å². The molecule has 2 aromatic rings. The number of aryl methyl sites for hydroxylation is 1. The number of anilines is 2. The number of thiazole rings is 1. The molecule has 0 radical (unpaired) electrons. The largest absolute Gasteiger partial charge is 0.312 e. The molecule has 1 aliphatic rings. The predicted octanol–water partition coefficient (Wildman–Crippen LogP) is 2.44. The van der Waals surface area contributed by atoms with Crippen LogP contribution in [-0.4, -0.2) is 23.3 Å². The van der Waals surface area contributed by atoms with Crippen LogP contribution in [0.1, 0.15) is 12.0 Å². The van der Waals surface area contributed by atoms with Gasteiger partial charge in [-0.05, 0) is 24.6 Å². The van der Waals surface area contributed by atoms with Crippen LogP contribution in [0.3, 0.4) is 0 Å². The maximum Gasteiger partial charge on any atom is 0.231 e. The van der Waals surface area contributed by atoms with Crippen LogP contribution < -0.4 is 10.2 Å². The number of aromatic nitrogens is 1. The maximum atomic E-state index is 12.2. The van der Waals surface area contributed by atoms with Gasteiger partial charge in [0.25, 0.3) is 0 Å². The summed E-state index contributed by atoms with van der Waals surface area (Å²) in [6.07, 6.45) is 1.88. The van der Waals surface area contributed by atoms with Gasteiger partial charge in [-0.1, -0.05) is 12.1 Å². The first-order chi connectivity index (χ1) is 10.1. The van der Waals surface area contributed by atoms with E-state index >= 15 is 0 Å². The fraction of sp³-hybridized carbons (Fsp3) is 0.267. The lowest BCUT2D eigenvalue weighted by molar-refractivity contribution is -0.122. The zero-order valence-corrected chi connectivity index (χ0v) is 12.4. The molecule has 2 amide bonds. The highest BCUT2D eigenvalue weighted by Gasteiger charge is 2.35. The van der Waals surface area contributed by atoms with Crippen LogP contribution in [0.25, 0.3) is 0 Å². The van der Waals surface area contributed by atoms with E-state index < -0.39 is 0 Å². The van der Waals surface area contributed by atoms with Crippen LogP contribution in [0.2, 0.25) is 0 Å². The fourth-order valence-electron chi connectivity index (χ4n) is 2.42. The highest BCUT2D eigenvalue weighted by atomic mass is 32.1. The number of rotatable bonds is 3. The quantitative estimate of drug-likeness (QED) is 0.947. The second-order valence-corrected chi connectivity index (χ2v) is 5.97. The molecule has 1 aromatic heterocycles. The number of hydrogen-bond acceptors (Lipinski definition) is 4. The average molecular weight is 301 g/mol. The normalized spacial score (nSPS) is 18.0. The molecule has 3 rings (SSSR count). The Hall–Kier alpha value is -2.21. The van der Waals surface area contributed by atoms with E-state index in [1.165, 1.54) is 11.3 Å². The molecule has 5 nitrogen and oxygen atoms in total. The number of nitrogens with zero attached hydrogens (tertiary/aromatic N) is 2. The van der Waals surface area contributed by atoms with E-state index in [2.05, 4.69) is 10.3 Å². The van der Waals surface area contributed by atoms with Gasteiger partial charge in [-0.25, -0.2) is 4.98 Å². The second-order valence-electron chi connectivity index (χ2n) is 5.07. The Balaban J connectivity index is 1.71. The first kappa shape index (κ1) is 13.8. The summed E-state index contributed by atoms with van der Waals surface area (Å²) in [4.78, 5) is 30.0. The molecule has 1 atom stereocenters. The van der Waals surface area contributed by atoms with Gasteiger partial charge < -0.3 is 10.2 Å². The Labute approximate surface area is 126 Å². The van der Waals surface area contributed by atoms with Crippen molar-refractivity contribution < 1.29 is 9.59 Å². The van der Waals surface area contributed by atoms with Crippen molar-refractivity contribution in [1.29, 1.82) is 0 Å². The number of benzene rings is 1. The number of nitrogens with one attached hydrogen (secondary N) is 1. The maximum absolute atomic E-state index is 12.2. The molecule has 1 unspecified atom stereocenters. The summed E-state index contributed by atoms with van der Waals surface area (Å²) in [7, 11) is 0. The van der Waals surface area contributed by atoms with Crippen molar-refractivity contribution in [3.8, 4) is 0 Å². The smallest absolute Gasteiger partial charge is 0.231 e. The van der Waals surface area contributed by atoms with E-state index in [4.69, 9.17) is 0 Å². The zero-order chi connectivity index (χ0) is 14.8.